The minimum Gasteiger partial charge on any atom is -0.444 e. The van der Waals surface area contributed by atoms with Gasteiger partial charge in [-0.2, -0.15) is 0 Å². The smallest absolute Gasteiger partial charge is 0.407 e. The number of rotatable bonds is 6. The molecule has 6 nitrogen and oxygen atoms in total. The van der Waals surface area contributed by atoms with E-state index in [1.165, 1.54) is 0 Å². The molecule has 0 aliphatic heterocycles. The number of hydrogen-bond donors (Lipinski definition) is 3. The van der Waals surface area contributed by atoms with Crippen molar-refractivity contribution in [1.29, 1.82) is 0 Å². The third-order valence-corrected chi connectivity index (χ3v) is 3.42. The van der Waals surface area contributed by atoms with Gasteiger partial charge >= 0.3 is 6.09 Å². The maximum Gasteiger partial charge on any atom is 0.407 e. The summed E-state index contributed by atoms with van der Waals surface area (Å²) in [5, 5.41) is 9.04. The minimum atomic E-state index is -0.478. The van der Waals surface area contributed by atoms with Crippen LogP contribution in [0, 0.1) is 5.92 Å². The molecule has 0 saturated heterocycles. The standard InChI is InChI=1S/C16H31N3O3/c1-10(2)9-17-14(20)11(3)18-12-7-13(8-12)19-15(21)22-16(4,5)6/h10-13,18H,7-9H2,1-6H3,(H,17,20)(H,19,21). The van der Waals surface area contributed by atoms with Crippen LogP contribution in [0.3, 0.4) is 0 Å². The number of ether oxygens (including phenoxy) is 1. The second kappa shape index (κ2) is 7.81. The van der Waals surface area contributed by atoms with Gasteiger partial charge in [-0.15, -0.1) is 0 Å². The van der Waals surface area contributed by atoms with Crippen molar-refractivity contribution in [2.24, 2.45) is 5.92 Å². The Bertz CT molecular complexity index is 385. The highest BCUT2D eigenvalue weighted by Gasteiger charge is 2.33. The van der Waals surface area contributed by atoms with Crippen molar-refractivity contribution >= 4 is 12.0 Å². The first-order valence-corrected chi connectivity index (χ1v) is 8.10. The second-order valence-electron chi connectivity index (χ2n) is 7.54. The summed E-state index contributed by atoms with van der Waals surface area (Å²) in [7, 11) is 0. The SMILES string of the molecule is CC(C)CNC(=O)C(C)NC1CC(NC(=O)OC(C)(C)C)C1. The highest BCUT2D eigenvalue weighted by atomic mass is 16.6. The van der Waals surface area contributed by atoms with Crippen molar-refractivity contribution in [2.45, 2.75) is 78.1 Å². The number of alkyl carbamates (subject to hydrolysis) is 1. The average Bonchev–Trinajstić information content (AvgIpc) is 2.30. The zero-order valence-corrected chi connectivity index (χ0v) is 14.7. The molecular weight excluding hydrogens is 282 g/mol. The predicted molar refractivity (Wildman–Crippen MR) is 86.6 cm³/mol. The first kappa shape index (κ1) is 18.7. The van der Waals surface area contributed by atoms with Crippen LogP contribution in [-0.4, -0.2) is 42.3 Å². The highest BCUT2D eigenvalue weighted by Crippen LogP contribution is 2.21. The molecule has 128 valence electrons. The Morgan fingerprint density at radius 2 is 1.73 bits per heavy atom. The van der Waals surface area contributed by atoms with Crippen LogP contribution in [0.25, 0.3) is 0 Å². The molecule has 6 heteroatoms. The normalized spacial score (nSPS) is 22.7. The molecule has 1 fully saturated rings. The molecule has 1 rings (SSSR count). The van der Waals surface area contributed by atoms with Gasteiger partial charge in [0, 0.05) is 18.6 Å². The van der Waals surface area contributed by atoms with Gasteiger partial charge in [-0.3, -0.25) is 4.79 Å². The summed E-state index contributed by atoms with van der Waals surface area (Å²) in [6, 6.07) is 0.171. The number of nitrogens with one attached hydrogen (secondary N) is 3. The summed E-state index contributed by atoms with van der Waals surface area (Å²) < 4.78 is 5.22. The van der Waals surface area contributed by atoms with Gasteiger partial charge < -0.3 is 20.7 Å². The molecule has 0 bridgehead atoms. The monoisotopic (exact) mass is 313 g/mol. The van der Waals surface area contributed by atoms with Crippen LogP contribution in [0.15, 0.2) is 0 Å². The third kappa shape index (κ3) is 7.11. The van der Waals surface area contributed by atoms with E-state index in [0.717, 1.165) is 12.8 Å². The van der Waals surface area contributed by atoms with E-state index in [2.05, 4.69) is 29.8 Å². The third-order valence-electron chi connectivity index (χ3n) is 3.42. The molecule has 1 atom stereocenters. The summed E-state index contributed by atoms with van der Waals surface area (Å²) in [6.45, 7) is 12.2. The molecule has 0 aromatic carbocycles. The summed E-state index contributed by atoms with van der Waals surface area (Å²) in [6.07, 6.45) is 1.26. The Labute approximate surface area is 133 Å². The molecule has 0 heterocycles. The van der Waals surface area contributed by atoms with Crippen LogP contribution in [0.1, 0.15) is 54.4 Å². The van der Waals surface area contributed by atoms with Gasteiger partial charge in [0.1, 0.15) is 5.60 Å². The van der Waals surface area contributed by atoms with Crippen molar-refractivity contribution in [2.75, 3.05) is 6.54 Å². The van der Waals surface area contributed by atoms with Gasteiger partial charge in [0.2, 0.25) is 5.91 Å². The van der Waals surface area contributed by atoms with E-state index in [0.29, 0.717) is 12.5 Å². The fourth-order valence-electron chi connectivity index (χ4n) is 2.23. The lowest BCUT2D eigenvalue weighted by atomic mass is 9.86. The number of hydrogen-bond acceptors (Lipinski definition) is 4. The van der Waals surface area contributed by atoms with Crippen LogP contribution in [-0.2, 0) is 9.53 Å². The van der Waals surface area contributed by atoms with E-state index < -0.39 is 5.60 Å². The fourth-order valence-corrected chi connectivity index (χ4v) is 2.23. The summed E-state index contributed by atoms with van der Waals surface area (Å²) in [4.78, 5) is 23.5. The highest BCUT2D eigenvalue weighted by molar-refractivity contribution is 5.81. The largest absolute Gasteiger partial charge is 0.444 e. The maximum atomic E-state index is 11.9. The zero-order chi connectivity index (χ0) is 16.9. The average molecular weight is 313 g/mol. The fraction of sp³-hybridized carbons (Fsp3) is 0.875. The Kier molecular flexibility index (Phi) is 6.66. The Morgan fingerprint density at radius 3 is 2.23 bits per heavy atom. The van der Waals surface area contributed by atoms with Gasteiger partial charge in [-0.25, -0.2) is 4.79 Å². The maximum absolute atomic E-state index is 11.9. The molecule has 0 aromatic heterocycles. The van der Waals surface area contributed by atoms with Crippen LogP contribution < -0.4 is 16.0 Å². The van der Waals surface area contributed by atoms with Crippen molar-refractivity contribution in [3.8, 4) is 0 Å². The van der Waals surface area contributed by atoms with Crippen molar-refractivity contribution < 1.29 is 14.3 Å². The molecular formula is C16H31N3O3. The van der Waals surface area contributed by atoms with E-state index in [1.54, 1.807) is 0 Å². The van der Waals surface area contributed by atoms with E-state index in [9.17, 15) is 9.59 Å². The molecule has 2 amide bonds. The van der Waals surface area contributed by atoms with Gasteiger partial charge in [-0.05, 0) is 46.5 Å². The first-order valence-electron chi connectivity index (χ1n) is 8.10. The molecule has 1 unspecified atom stereocenters. The topological polar surface area (TPSA) is 79.5 Å². The van der Waals surface area contributed by atoms with Gasteiger partial charge in [0.25, 0.3) is 0 Å². The predicted octanol–water partition coefficient (Wildman–Crippen LogP) is 1.79. The lowest BCUT2D eigenvalue weighted by molar-refractivity contribution is -0.123. The lowest BCUT2D eigenvalue weighted by Crippen LogP contribution is -2.57. The van der Waals surface area contributed by atoms with E-state index >= 15 is 0 Å². The second-order valence-corrected chi connectivity index (χ2v) is 7.54. The Hall–Kier alpha value is -1.30. The molecule has 22 heavy (non-hydrogen) atoms. The van der Waals surface area contributed by atoms with Gasteiger partial charge in [-0.1, -0.05) is 13.8 Å². The molecule has 0 spiro atoms. The summed E-state index contributed by atoms with van der Waals surface area (Å²) in [5.74, 6) is 0.472. The van der Waals surface area contributed by atoms with Crippen molar-refractivity contribution in [3.63, 3.8) is 0 Å². The summed E-state index contributed by atoms with van der Waals surface area (Å²) in [5.41, 5.74) is -0.478. The zero-order valence-electron chi connectivity index (χ0n) is 14.7. The molecule has 1 saturated carbocycles. The Morgan fingerprint density at radius 1 is 1.14 bits per heavy atom. The summed E-state index contributed by atoms with van der Waals surface area (Å²) >= 11 is 0. The van der Waals surface area contributed by atoms with E-state index in [-0.39, 0.29) is 30.1 Å². The van der Waals surface area contributed by atoms with Crippen molar-refractivity contribution in [3.05, 3.63) is 0 Å². The number of carbonyl (C=O) groups excluding carboxylic acids is 2. The van der Waals surface area contributed by atoms with Gasteiger partial charge in [0.05, 0.1) is 6.04 Å². The molecule has 0 radical (unpaired) electrons. The molecule has 0 aromatic rings. The van der Waals surface area contributed by atoms with Crippen LogP contribution in [0.2, 0.25) is 0 Å². The molecule has 1 aliphatic rings. The number of amides is 2. The lowest BCUT2D eigenvalue weighted by Gasteiger charge is -2.38. The minimum absolute atomic E-state index is 0.0252. The van der Waals surface area contributed by atoms with Gasteiger partial charge in [0.15, 0.2) is 0 Å². The van der Waals surface area contributed by atoms with E-state index in [4.69, 9.17) is 4.74 Å². The van der Waals surface area contributed by atoms with Crippen LogP contribution >= 0.6 is 0 Å². The quantitative estimate of drug-likeness (QED) is 0.698. The van der Waals surface area contributed by atoms with Crippen molar-refractivity contribution in [1.82, 2.24) is 16.0 Å². The van der Waals surface area contributed by atoms with E-state index in [1.807, 2.05) is 27.7 Å². The number of carbonyl (C=O) groups is 2. The Balaban J connectivity index is 2.19. The molecule has 3 N–H and O–H groups in total. The molecule has 1 aliphatic carbocycles. The van der Waals surface area contributed by atoms with Crippen LogP contribution in [0.4, 0.5) is 4.79 Å². The van der Waals surface area contributed by atoms with Crippen LogP contribution in [0.5, 0.6) is 0 Å². The first-order chi connectivity index (χ1) is 10.1.